The average Bonchev–Trinajstić information content (AvgIpc) is 3.54. The van der Waals surface area contributed by atoms with Crippen molar-refractivity contribution in [3.8, 4) is 0 Å². The molecule has 0 atom stereocenters. The molecule has 15 heteroatoms. The quantitative estimate of drug-likeness (QED) is 0.213. The lowest BCUT2D eigenvalue weighted by molar-refractivity contribution is 0.00851. The number of halogens is 1. The molecule has 4 aromatic heterocycles. The zero-order valence-corrected chi connectivity index (χ0v) is 26.2. The number of aromatic amines is 2. The number of rotatable bonds is 6. The van der Waals surface area contributed by atoms with E-state index in [0.717, 1.165) is 35.2 Å². The summed E-state index contributed by atoms with van der Waals surface area (Å²) in [5.74, 6) is -1.08. The second-order valence-electron chi connectivity index (χ2n) is 11.8. The van der Waals surface area contributed by atoms with E-state index >= 15 is 0 Å². The molecule has 0 spiro atoms. The monoisotopic (exact) mass is 626 g/mol. The number of nitrogens with two attached hydrogens (primary N) is 2. The number of pyridine rings is 2. The summed E-state index contributed by atoms with van der Waals surface area (Å²) in [6.45, 7) is 8.65. The third kappa shape index (κ3) is 6.36. The zero-order chi connectivity index (χ0) is 31.1. The number of carbonyl (C=O) groups excluding carboxylic acids is 3. The normalized spacial score (nSPS) is 15.0. The number of primary amides is 2. The molecule has 6 rings (SSSR count). The van der Waals surface area contributed by atoms with Gasteiger partial charge in [-0.15, -0.1) is 12.4 Å². The molecule has 2 saturated heterocycles. The second kappa shape index (κ2) is 12.6. The molecule has 44 heavy (non-hydrogen) atoms. The highest BCUT2D eigenvalue weighted by molar-refractivity contribution is 6.07. The van der Waals surface area contributed by atoms with E-state index in [1.165, 1.54) is 0 Å². The van der Waals surface area contributed by atoms with Crippen molar-refractivity contribution < 1.29 is 19.1 Å². The minimum absolute atomic E-state index is 0. The van der Waals surface area contributed by atoms with Crippen LogP contribution in [0.2, 0.25) is 0 Å². The van der Waals surface area contributed by atoms with Gasteiger partial charge in [0.15, 0.2) is 11.4 Å². The molecular formula is C29H39ClN10O4. The minimum Gasteiger partial charge on any atom is -0.444 e. The van der Waals surface area contributed by atoms with Crippen LogP contribution in [0.5, 0.6) is 0 Å². The molecule has 0 saturated carbocycles. The van der Waals surface area contributed by atoms with Gasteiger partial charge in [0.2, 0.25) is 0 Å². The SMILES string of the molecule is CN(c1cnc(C(N)=O)c2[nH]ccc12)C1CN(C(=O)OC(C)(C)C)C1.CN(c1cnc(C(N)=O)c2[nH]ccc12)C1CNC1.Cl. The summed E-state index contributed by atoms with van der Waals surface area (Å²) in [5.41, 5.74) is 13.9. The Morgan fingerprint density at radius 2 is 1.32 bits per heavy atom. The molecule has 4 aromatic rings. The smallest absolute Gasteiger partial charge is 0.410 e. The van der Waals surface area contributed by atoms with Gasteiger partial charge in [-0.3, -0.25) is 9.59 Å². The van der Waals surface area contributed by atoms with Crippen LogP contribution >= 0.6 is 12.4 Å². The van der Waals surface area contributed by atoms with Crippen molar-refractivity contribution in [2.75, 3.05) is 50.1 Å². The fraction of sp³-hybridized carbons (Fsp3) is 0.414. The number of nitrogens with one attached hydrogen (secondary N) is 3. The van der Waals surface area contributed by atoms with Gasteiger partial charge in [-0.05, 0) is 32.9 Å². The van der Waals surface area contributed by atoms with Gasteiger partial charge in [0.1, 0.15) is 5.60 Å². The summed E-state index contributed by atoms with van der Waals surface area (Å²) >= 11 is 0. The topological polar surface area (TPSA) is 192 Å². The number of carbonyl (C=O) groups is 3. The number of fused-ring (bicyclic) bond motifs is 2. The highest BCUT2D eigenvalue weighted by Gasteiger charge is 2.36. The van der Waals surface area contributed by atoms with Crippen LogP contribution in [-0.2, 0) is 4.74 Å². The molecule has 0 bridgehead atoms. The first-order valence-electron chi connectivity index (χ1n) is 14.0. The first-order chi connectivity index (χ1) is 20.4. The van der Waals surface area contributed by atoms with Crippen molar-refractivity contribution in [1.29, 1.82) is 0 Å². The minimum atomic E-state index is -0.568. The Morgan fingerprint density at radius 3 is 1.70 bits per heavy atom. The highest BCUT2D eigenvalue weighted by atomic mass is 35.5. The lowest BCUT2D eigenvalue weighted by Crippen LogP contribution is -2.61. The third-order valence-corrected chi connectivity index (χ3v) is 7.75. The average molecular weight is 627 g/mol. The number of anilines is 2. The van der Waals surface area contributed by atoms with Gasteiger partial charge < -0.3 is 46.2 Å². The Balaban J connectivity index is 0.000000206. The number of ether oxygens (including phenoxy) is 1. The maximum Gasteiger partial charge on any atom is 0.410 e. The second-order valence-corrected chi connectivity index (χ2v) is 11.8. The summed E-state index contributed by atoms with van der Waals surface area (Å²) in [6.07, 6.45) is 6.62. The highest BCUT2D eigenvalue weighted by Crippen LogP contribution is 2.31. The number of H-pyrrole nitrogens is 2. The fourth-order valence-corrected chi connectivity index (χ4v) is 5.13. The molecule has 0 unspecified atom stereocenters. The summed E-state index contributed by atoms with van der Waals surface area (Å²) in [5, 5.41) is 5.10. The van der Waals surface area contributed by atoms with Crippen LogP contribution < -0.4 is 26.6 Å². The van der Waals surface area contributed by atoms with Gasteiger partial charge in [-0.25, -0.2) is 14.8 Å². The molecule has 236 valence electrons. The van der Waals surface area contributed by atoms with Crippen molar-refractivity contribution in [2.45, 2.75) is 38.5 Å². The summed E-state index contributed by atoms with van der Waals surface area (Å²) in [6, 6.07) is 4.47. The van der Waals surface area contributed by atoms with E-state index in [1.807, 2.05) is 47.0 Å². The van der Waals surface area contributed by atoms with Crippen LogP contribution in [0, 0.1) is 0 Å². The van der Waals surface area contributed by atoms with Gasteiger partial charge in [0.05, 0.1) is 46.9 Å². The number of hydrogen-bond acceptors (Lipinski definition) is 9. The molecule has 2 aliphatic heterocycles. The van der Waals surface area contributed by atoms with Crippen molar-refractivity contribution in [3.63, 3.8) is 0 Å². The maximum absolute atomic E-state index is 12.1. The van der Waals surface area contributed by atoms with Crippen LogP contribution in [0.15, 0.2) is 36.9 Å². The summed E-state index contributed by atoms with van der Waals surface area (Å²) in [4.78, 5) is 55.2. The van der Waals surface area contributed by atoms with Gasteiger partial charge in [-0.1, -0.05) is 0 Å². The first-order valence-corrected chi connectivity index (χ1v) is 14.0. The van der Waals surface area contributed by atoms with E-state index in [-0.39, 0.29) is 30.2 Å². The predicted molar refractivity (Wildman–Crippen MR) is 172 cm³/mol. The van der Waals surface area contributed by atoms with Crippen molar-refractivity contribution in [1.82, 2.24) is 30.2 Å². The van der Waals surface area contributed by atoms with E-state index in [4.69, 9.17) is 16.2 Å². The van der Waals surface area contributed by atoms with Gasteiger partial charge in [0.25, 0.3) is 11.8 Å². The van der Waals surface area contributed by atoms with E-state index < -0.39 is 17.4 Å². The van der Waals surface area contributed by atoms with Gasteiger partial charge >= 0.3 is 6.09 Å². The summed E-state index contributed by atoms with van der Waals surface area (Å²) in [7, 11) is 3.99. The molecule has 0 aromatic carbocycles. The Bertz CT molecular complexity index is 1670. The van der Waals surface area contributed by atoms with Crippen molar-refractivity contribution >= 4 is 63.5 Å². The Kier molecular flexibility index (Phi) is 9.25. The van der Waals surface area contributed by atoms with E-state index in [1.54, 1.807) is 29.7 Å². The van der Waals surface area contributed by atoms with Crippen LogP contribution in [-0.4, -0.2) is 101 Å². The lowest BCUT2D eigenvalue weighted by atomic mass is 10.1. The molecule has 2 aliphatic rings. The van der Waals surface area contributed by atoms with Gasteiger partial charge in [-0.2, -0.15) is 0 Å². The number of amides is 3. The van der Waals surface area contributed by atoms with Gasteiger partial charge in [0, 0.05) is 63.4 Å². The number of likely N-dealkylation sites (N-methyl/N-ethyl adjacent to an activating group) is 2. The number of hydrogen-bond donors (Lipinski definition) is 5. The van der Waals surface area contributed by atoms with Crippen LogP contribution in [0.1, 0.15) is 41.7 Å². The van der Waals surface area contributed by atoms with Crippen molar-refractivity contribution in [2.24, 2.45) is 11.5 Å². The largest absolute Gasteiger partial charge is 0.444 e. The summed E-state index contributed by atoms with van der Waals surface area (Å²) < 4.78 is 5.38. The fourth-order valence-electron chi connectivity index (χ4n) is 5.13. The predicted octanol–water partition coefficient (Wildman–Crippen LogP) is 2.21. The number of nitrogens with zero attached hydrogens (tertiary/aromatic N) is 5. The van der Waals surface area contributed by atoms with E-state index in [2.05, 4.69) is 35.1 Å². The molecule has 14 nitrogen and oxygen atoms in total. The van der Waals surface area contributed by atoms with E-state index in [9.17, 15) is 14.4 Å². The standard InChI is InChI=1S/C17H23N5O3.C12H15N5O.ClH/c1-17(2,3)25-16(24)22-8-10(9-22)21(4)12-7-20-14(15(18)23)13-11(12)5-6-19-13;1-17(7-4-14-5-7)9-6-16-11(12(13)18)10-8(9)2-3-15-10;/h5-7,10,19H,8-9H2,1-4H3,(H2,18,23);2-3,6-7,14-15H,4-5H2,1H3,(H2,13,18);1H. The maximum atomic E-state index is 12.1. The molecule has 0 radical (unpaired) electrons. The molecule has 7 N–H and O–H groups in total. The Labute approximate surface area is 260 Å². The van der Waals surface area contributed by atoms with Crippen molar-refractivity contribution in [3.05, 3.63) is 48.3 Å². The Morgan fingerprint density at radius 1 is 0.864 bits per heavy atom. The molecule has 3 amide bonds. The van der Waals surface area contributed by atoms with Crippen LogP contribution in [0.4, 0.5) is 16.2 Å². The molecule has 6 heterocycles. The lowest BCUT2D eigenvalue weighted by Gasteiger charge is -2.44. The number of aromatic nitrogens is 4. The third-order valence-electron chi connectivity index (χ3n) is 7.75. The number of likely N-dealkylation sites (tertiary alicyclic amines) is 1. The molecule has 2 fully saturated rings. The zero-order valence-electron chi connectivity index (χ0n) is 25.4. The van der Waals surface area contributed by atoms with E-state index in [0.29, 0.717) is 35.9 Å². The van der Waals surface area contributed by atoms with Crippen LogP contribution in [0.3, 0.4) is 0 Å². The molecular weight excluding hydrogens is 588 g/mol. The van der Waals surface area contributed by atoms with Crippen LogP contribution in [0.25, 0.3) is 21.8 Å². The molecule has 0 aliphatic carbocycles. The Hall–Kier alpha value is -4.56. The first kappa shape index (κ1) is 32.4.